The van der Waals surface area contributed by atoms with Crippen molar-refractivity contribution in [2.24, 2.45) is 34.5 Å². The van der Waals surface area contributed by atoms with Crippen LogP contribution in [0.15, 0.2) is 36.2 Å². The standard InChI is InChI=1S/C28H37FN2O2/c1-17-7-5-6-8-18(17)16-30-25(32)22-11-10-20-19-9-12-24-28(3,15-23(29)26(33)31(24)4)21(19)13-14-27(20,22)2/h5-8,15,19-22,24H,9-14,16H2,1-4H3,(H,30,32)/t19-,20-,21-,22+,24+,27-,28+/m0/s1. The molecule has 1 N–H and O–H groups in total. The lowest BCUT2D eigenvalue weighted by molar-refractivity contribution is -0.145. The van der Waals surface area contributed by atoms with Crippen LogP contribution in [0, 0.1) is 41.4 Å². The van der Waals surface area contributed by atoms with Gasteiger partial charge in [0.2, 0.25) is 5.91 Å². The van der Waals surface area contributed by atoms with Crippen molar-refractivity contribution in [2.75, 3.05) is 7.05 Å². The van der Waals surface area contributed by atoms with E-state index in [1.54, 1.807) is 18.0 Å². The molecule has 0 unspecified atom stereocenters. The molecule has 3 aliphatic carbocycles. The van der Waals surface area contributed by atoms with Crippen LogP contribution in [-0.2, 0) is 16.1 Å². The van der Waals surface area contributed by atoms with E-state index in [1.165, 1.54) is 11.1 Å². The van der Waals surface area contributed by atoms with Gasteiger partial charge in [-0.3, -0.25) is 9.59 Å². The number of benzene rings is 1. The first-order valence-corrected chi connectivity index (χ1v) is 12.6. The van der Waals surface area contributed by atoms with Gasteiger partial charge in [0.1, 0.15) is 0 Å². The highest BCUT2D eigenvalue weighted by Crippen LogP contribution is 2.65. The fourth-order valence-electron chi connectivity index (χ4n) is 8.37. The minimum atomic E-state index is -0.592. The van der Waals surface area contributed by atoms with Gasteiger partial charge in [0.15, 0.2) is 5.83 Å². The van der Waals surface area contributed by atoms with E-state index in [0.29, 0.717) is 24.3 Å². The molecule has 1 aromatic carbocycles. The maximum absolute atomic E-state index is 14.6. The maximum atomic E-state index is 14.6. The predicted molar refractivity (Wildman–Crippen MR) is 127 cm³/mol. The summed E-state index contributed by atoms with van der Waals surface area (Å²) in [5.41, 5.74) is 2.06. The van der Waals surface area contributed by atoms with E-state index < -0.39 is 11.7 Å². The van der Waals surface area contributed by atoms with E-state index in [4.69, 9.17) is 0 Å². The number of hydrogen-bond acceptors (Lipinski definition) is 2. The number of rotatable bonds is 3. The number of aryl methyl sites for hydroxylation is 1. The lowest BCUT2D eigenvalue weighted by atomic mass is 9.47. The van der Waals surface area contributed by atoms with Crippen LogP contribution in [0.2, 0.25) is 0 Å². The van der Waals surface area contributed by atoms with Crippen molar-refractivity contribution in [2.45, 2.75) is 71.9 Å². The van der Waals surface area contributed by atoms with Crippen LogP contribution in [0.1, 0.15) is 63.5 Å². The molecule has 4 nitrogen and oxygen atoms in total. The first kappa shape index (κ1) is 22.6. The topological polar surface area (TPSA) is 49.4 Å². The second-order valence-corrected chi connectivity index (χ2v) is 11.6. The number of nitrogens with zero attached hydrogens (tertiary/aromatic N) is 1. The van der Waals surface area contributed by atoms with Crippen molar-refractivity contribution in [1.29, 1.82) is 0 Å². The molecule has 0 aromatic heterocycles. The number of amides is 2. The smallest absolute Gasteiger partial charge is 0.282 e. The molecule has 1 heterocycles. The lowest BCUT2D eigenvalue weighted by Crippen LogP contribution is -2.60. The Bertz CT molecular complexity index is 1010. The zero-order valence-corrected chi connectivity index (χ0v) is 20.4. The minimum Gasteiger partial charge on any atom is -0.352 e. The Morgan fingerprint density at radius 2 is 1.88 bits per heavy atom. The monoisotopic (exact) mass is 452 g/mol. The van der Waals surface area contributed by atoms with Gasteiger partial charge < -0.3 is 10.2 Å². The third-order valence-corrected chi connectivity index (χ3v) is 10.2. The average molecular weight is 453 g/mol. The van der Waals surface area contributed by atoms with Crippen LogP contribution in [0.3, 0.4) is 0 Å². The Hall–Kier alpha value is -2.17. The van der Waals surface area contributed by atoms with Gasteiger partial charge in [-0.2, -0.15) is 0 Å². The van der Waals surface area contributed by atoms with Gasteiger partial charge in [0.05, 0.1) is 0 Å². The van der Waals surface area contributed by atoms with Crippen molar-refractivity contribution in [1.82, 2.24) is 10.2 Å². The van der Waals surface area contributed by atoms with Crippen molar-refractivity contribution in [3.8, 4) is 0 Å². The second kappa shape index (κ2) is 7.95. The van der Waals surface area contributed by atoms with Crippen LogP contribution in [0.4, 0.5) is 4.39 Å². The fourth-order valence-corrected chi connectivity index (χ4v) is 8.37. The van der Waals surface area contributed by atoms with E-state index in [-0.39, 0.29) is 28.7 Å². The molecular formula is C28H37FN2O2. The quantitative estimate of drug-likeness (QED) is 0.688. The molecule has 3 saturated carbocycles. The Labute approximate surface area is 197 Å². The molecule has 4 aliphatic rings. The fraction of sp³-hybridized carbons (Fsp3) is 0.643. The summed E-state index contributed by atoms with van der Waals surface area (Å²) in [7, 11) is 1.76. The van der Waals surface area contributed by atoms with Crippen LogP contribution >= 0.6 is 0 Å². The normalized spacial score (nSPS) is 39.9. The highest BCUT2D eigenvalue weighted by atomic mass is 19.1. The average Bonchev–Trinajstić information content (AvgIpc) is 3.14. The number of halogens is 1. The van der Waals surface area contributed by atoms with E-state index >= 15 is 0 Å². The zero-order valence-electron chi connectivity index (χ0n) is 20.4. The van der Waals surface area contributed by atoms with Gasteiger partial charge in [-0.15, -0.1) is 0 Å². The molecule has 2 amide bonds. The molecule has 5 heteroatoms. The van der Waals surface area contributed by atoms with Gasteiger partial charge >= 0.3 is 0 Å². The summed E-state index contributed by atoms with van der Waals surface area (Å²) in [6, 6.07) is 8.29. The number of likely N-dealkylation sites (N-methyl/N-ethyl adjacent to an activating group) is 1. The SMILES string of the molecule is Cc1ccccc1CNC(=O)[C@H]1CC[C@H]2[C@@H]3CC[C@H]4N(C)C(=O)C(F)=C[C@]4(C)[C@H]3CC[C@]12C. The third-order valence-electron chi connectivity index (χ3n) is 10.2. The highest BCUT2D eigenvalue weighted by molar-refractivity contribution is 5.92. The van der Waals surface area contributed by atoms with Crippen molar-refractivity contribution < 1.29 is 14.0 Å². The number of carbonyl (C=O) groups excluding carboxylic acids is 2. The van der Waals surface area contributed by atoms with E-state index in [1.807, 2.05) is 12.1 Å². The predicted octanol–water partition coefficient (Wildman–Crippen LogP) is 5.16. The Balaban J connectivity index is 1.34. The summed E-state index contributed by atoms with van der Waals surface area (Å²) in [4.78, 5) is 27.3. The van der Waals surface area contributed by atoms with Crippen LogP contribution in [0.5, 0.6) is 0 Å². The Morgan fingerprint density at radius 1 is 1.12 bits per heavy atom. The van der Waals surface area contributed by atoms with Crippen molar-refractivity contribution in [3.63, 3.8) is 0 Å². The van der Waals surface area contributed by atoms with Gasteiger partial charge in [-0.25, -0.2) is 4.39 Å². The zero-order chi connectivity index (χ0) is 23.5. The first-order valence-electron chi connectivity index (χ1n) is 12.6. The van der Waals surface area contributed by atoms with Gasteiger partial charge in [0.25, 0.3) is 5.91 Å². The molecule has 33 heavy (non-hydrogen) atoms. The summed E-state index contributed by atoms with van der Waals surface area (Å²) in [6.07, 6.45) is 7.64. The molecule has 0 spiro atoms. The highest BCUT2D eigenvalue weighted by Gasteiger charge is 2.62. The van der Waals surface area contributed by atoms with E-state index in [9.17, 15) is 14.0 Å². The number of nitrogens with one attached hydrogen (secondary N) is 1. The molecule has 5 rings (SSSR count). The number of carbonyl (C=O) groups is 2. The summed E-state index contributed by atoms with van der Waals surface area (Å²) in [5, 5.41) is 3.24. The molecule has 1 aliphatic heterocycles. The van der Waals surface area contributed by atoms with Gasteiger partial charge in [-0.05, 0) is 85.8 Å². The third kappa shape index (κ3) is 3.37. The van der Waals surface area contributed by atoms with Crippen molar-refractivity contribution in [3.05, 3.63) is 47.3 Å². The summed E-state index contributed by atoms with van der Waals surface area (Å²) in [5.74, 6) is 0.515. The summed E-state index contributed by atoms with van der Waals surface area (Å²) in [6.45, 7) is 7.17. The minimum absolute atomic E-state index is 0.00116. The summed E-state index contributed by atoms with van der Waals surface area (Å²) >= 11 is 0. The largest absolute Gasteiger partial charge is 0.352 e. The molecule has 7 atom stereocenters. The lowest BCUT2D eigenvalue weighted by Gasteiger charge is -2.60. The molecule has 0 radical (unpaired) electrons. The molecule has 1 aromatic rings. The Morgan fingerprint density at radius 3 is 2.64 bits per heavy atom. The molecular weight excluding hydrogens is 415 g/mol. The molecule has 0 saturated heterocycles. The summed E-state index contributed by atoms with van der Waals surface area (Å²) < 4.78 is 14.6. The molecule has 0 bridgehead atoms. The first-order chi connectivity index (χ1) is 15.7. The van der Waals surface area contributed by atoms with E-state index in [2.05, 4.69) is 38.2 Å². The number of hydrogen-bond donors (Lipinski definition) is 1. The van der Waals surface area contributed by atoms with Gasteiger partial charge in [-0.1, -0.05) is 38.1 Å². The van der Waals surface area contributed by atoms with Gasteiger partial charge in [0, 0.05) is 31.0 Å². The van der Waals surface area contributed by atoms with Crippen LogP contribution < -0.4 is 5.32 Å². The van der Waals surface area contributed by atoms with Crippen LogP contribution in [-0.4, -0.2) is 29.8 Å². The van der Waals surface area contributed by atoms with Crippen LogP contribution in [0.25, 0.3) is 0 Å². The molecule has 3 fully saturated rings. The maximum Gasteiger partial charge on any atom is 0.282 e. The van der Waals surface area contributed by atoms with Crippen molar-refractivity contribution >= 4 is 11.8 Å². The number of fused-ring (bicyclic) bond motifs is 5. The van der Waals surface area contributed by atoms with E-state index in [0.717, 1.165) is 38.5 Å². The second-order valence-electron chi connectivity index (χ2n) is 11.6. The Kier molecular flexibility index (Phi) is 5.45. The molecule has 178 valence electrons.